The highest BCUT2D eigenvalue weighted by Crippen LogP contribution is 2.37. The van der Waals surface area contributed by atoms with Crippen molar-refractivity contribution in [2.75, 3.05) is 19.8 Å². The molecule has 0 amide bonds. The van der Waals surface area contributed by atoms with Crippen molar-refractivity contribution in [2.24, 2.45) is 0 Å². The van der Waals surface area contributed by atoms with Crippen LogP contribution in [0, 0.1) is 19.7 Å². The zero-order valence-electron chi connectivity index (χ0n) is 22.1. The molecule has 1 atom stereocenters. The van der Waals surface area contributed by atoms with E-state index in [4.69, 9.17) is 9.47 Å². The zero-order chi connectivity index (χ0) is 28.0. The Bertz CT molecular complexity index is 1610. The first-order valence-corrected chi connectivity index (χ1v) is 14.1. The van der Waals surface area contributed by atoms with Crippen molar-refractivity contribution in [1.29, 1.82) is 0 Å². The smallest absolute Gasteiger partial charge is 0.297 e. The molecule has 2 aliphatic rings. The number of pyridine rings is 2. The van der Waals surface area contributed by atoms with Crippen LogP contribution < -0.4 is 4.74 Å². The molecule has 40 heavy (non-hydrogen) atoms. The second-order valence-electron chi connectivity index (χ2n) is 10.4. The molecule has 5 heterocycles. The number of alkyl halides is 2. The first kappa shape index (κ1) is 26.9. The molecular weight excluding hydrogens is 543 g/mol. The average molecular weight is 572 g/mol. The van der Waals surface area contributed by atoms with Crippen LogP contribution in [0.4, 0.5) is 13.2 Å². The molecule has 1 fully saturated rings. The van der Waals surface area contributed by atoms with E-state index < -0.39 is 28.8 Å². The fraction of sp³-hybridized carbons (Fsp3) is 0.393. The van der Waals surface area contributed by atoms with E-state index in [2.05, 4.69) is 21.2 Å². The standard InChI is InChI=1S/C28H28F3N5O3S/c1-17-3-4-19(11-20-5-8-36-25(18(20)2)33-34-26(36)24(30)31)12-21(17)15-35-16-28(6-9-38-10-7-28)39-27-23(40(35)37)13-22(29)14-32-27/h3-5,8,12-14,24H,6-7,9-11,15-16H2,1-2H3. The molecule has 0 radical (unpaired) electrons. The summed E-state index contributed by atoms with van der Waals surface area (Å²) in [6.45, 7) is 5.60. The number of benzene rings is 1. The third kappa shape index (κ3) is 4.99. The number of hydrogen-bond acceptors (Lipinski definition) is 6. The third-order valence-corrected chi connectivity index (χ3v) is 9.10. The lowest BCUT2D eigenvalue weighted by molar-refractivity contribution is -0.0552. The van der Waals surface area contributed by atoms with E-state index in [0.29, 0.717) is 51.2 Å². The number of rotatable bonds is 5. The van der Waals surface area contributed by atoms with Crippen LogP contribution >= 0.6 is 0 Å². The first-order chi connectivity index (χ1) is 19.2. The Kier molecular flexibility index (Phi) is 7.09. The minimum absolute atomic E-state index is 0.198. The van der Waals surface area contributed by atoms with E-state index in [-0.39, 0.29) is 16.6 Å². The van der Waals surface area contributed by atoms with Crippen LogP contribution in [0.5, 0.6) is 5.88 Å². The summed E-state index contributed by atoms with van der Waals surface area (Å²) < 4.78 is 69.5. The summed E-state index contributed by atoms with van der Waals surface area (Å²) in [7, 11) is -1.70. The lowest BCUT2D eigenvalue weighted by Gasteiger charge is -2.38. The molecule has 4 aromatic rings. The van der Waals surface area contributed by atoms with Gasteiger partial charge in [-0.05, 0) is 60.2 Å². The van der Waals surface area contributed by atoms with Gasteiger partial charge in [-0.25, -0.2) is 26.7 Å². The highest BCUT2D eigenvalue weighted by atomic mass is 32.2. The highest BCUT2D eigenvalue weighted by molar-refractivity contribution is 7.82. The predicted octanol–water partition coefficient (Wildman–Crippen LogP) is 4.88. The van der Waals surface area contributed by atoms with Crippen LogP contribution in [0.3, 0.4) is 0 Å². The van der Waals surface area contributed by atoms with E-state index in [1.165, 1.54) is 10.5 Å². The largest absolute Gasteiger partial charge is 0.469 e. The van der Waals surface area contributed by atoms with Crippen LogP contribution in [0.2, 0.25) is 0 Å². The van der Waals surface area contributed by atoms with Crippen molar-refractivity contribution in [2.45, 2.75) is 56.6 Å². The molecule has 8 nitrogen and oxygen atoms in total. The van der Waals surface area contributed by atoms with Gasteiger partial charge in [-0.2, -0.15) is 0 Å². The molecule has 1 aromatic carbocycles. The van der Waals surface area contributed by atoms with E-state index >= 15 is 0 Å². The van der Waals surface area contributed by atoms with E-state index in [1.54, 1.807) is 6.20 Å². The third-order valence-electron chi connectivity index (χ3n) is 7.70. The summed E-state index contributed by atoms with van der Waals surface area (Å²) in [6.07, 6.45) is 1.71. The van der Waals surface area contributed by atoms with Gasteiger partial charge in [0.15, 0.2) is 5.65 Å². The van der Waals surface area contributed by atoms with Crippen molar-refractivity contribution in [3.63, 3.8) is 0 Å². The summed E-state index contributed by atoms with van der Waals surface area (Å²) in [4.78, 5) is 4.35. The van der Waals surface area contributed by atoms with Gasteiger partial charge in [0.25, 0.3) is 6.43 Å². The summed E-state index contributed by atoms with van der Waals surface area (Å²) in [5.74, 6) is -0.753. The minimum Gasteiger partial charge on any atom is -0.469 e. The summed E-state index contributed by atoms with van der Waals surface area (Å²) in [5.41, 5.74) is 4.49. The van der Waals surface area contributed by atoms with Gasteiger partial charge < -0.3 is 9.47 Å². The fourth-order valence-corrected chi connectivity index (χ4v) is 6.72. The lowest BCUT2D eigenvalue weighted by Crippen LogP contribution is -2.49. The topological polar surface area (TPSA) is 81.8 Å². The van der Waals surface area contributed by atoms with E-state index in [9.17, 15) is 17.4 Å². The molecule has 0 N–H and O–H groups in total. The van der Waals surface area contributed by atoms with Crippen LogP contribution in [-0.4, -0.2) is 53.5 Å². The van der Waals surface area contributed by atoms with Crippen molar-refractivity contribution in [1.82, 2.24) is 23.9 Å². The van der Waals surface area contributed by atoms with Gasteiger partial charge in [0.2, 0.25) is 11.7 Å². The number of nitrogens with zero attached hydrogens (tertiary/aromatic N) is 5. The number of halogens is 3. The Morgan fingerprint density at radius 3 is 2.67 bits per heavy atom. The molecule has 2 aliphatic heterocycles. The molecule has 0 saturated carbocycles. The van der Waals surface area contributed by atoms with Gasteiger partial charge in [-0.1, -0.05) is 18.2 Å². The maximum atomic E-state index is 14.1. The molecule has 3 aromatic heterocycles. The molecule has 1 spiro atoms. The second-order valence-corrected chi connectivity index (χ2v) is 11.8. The van der Waals surface area contributed by atoms with E-state index in [1.807, 2.05) is 36.4 Å². The molecule has 6 rings (SSSR count). The Balaban J connectivity index is 1.31. The van der Waals surface area contributed by atoms with Gasteiger partial charge in [0, 0.05) is 25.6 Å². The van der Waals surface area contributed by atoms with Crippen LogP contribution in [0.1, 0.15) is 52.9 Å². The Morgan fingerprint density at radius 1 is 1.10 bits per heavy atom. The number of ether oxygens (including phenoxy) is 2. The van der Waals surface area contributed by atoms with Gasteiger partial charge in [0.1, 0.15) is 27.3 Å². The monoisotopic (exact) mass is 571 g/mol. The molecule has 12 heteroatoms. The van der Waals surface area contributed by atoms with Gasteiger partial charge in [-0.3, -0.25) is 4.40 Å². The van der Waals surface area contributed by atoms with Gasteiger partial charge in [0.05, 0.1) is 26.0 Å². The molecule has 1 saturated heterocycles. The van der Waals surface area contributed by atoms with Crippen LogP contribution in [0.15, 0.2) is 47.6 Å². The van der Waals surface area contributed by atoms with Gasteiger partial charge in [-0.15, -0.1) is 10.2 Å². The highest BCUT2D eigenvalue weighted by Gasteiger charge is 2.42. The zero-order valence-corrected chi connectivity index (χ0v) is 22.9. The number of fused-ring (bicyclic) bond motifs is 2. The summed E-state index contributed by atoms with van der Waals surface area (Å²) in [6, 6.07) is 9.15. The Labute approximate surface area is 231 Å². The molecule has 210 valence electrons. The molecular formula is C28H28F3N5O3S. The van der Waals surface area contributed by atoms with Crippen molar-refractivity contribution < 1.29 is 26.9 Å². The Hall–Kier alpha value is -3.35. The van der Waals surface area contributed by atoms with Crippen molar-refractivity contribution in [3.8, 4) is 5.88 Å². The quantitative estimate of drug-likeness (QED) is 0.340. The predicted molar refractivity (Wildman–Crippen MR) is 141 cm³/mol. The second kappa shape index (κ2) is 10.6. The number of hydrogen-bond donors (Lipinski definition) is 0. The normalized spacial score (nSPS) is 19.1. The first-order valence-electron chi connectivity index (χ1n) is 13.0. The van der Waals surface area contributed by atoms with Gasteiger partial charge >= 0.3 is 0 Å². The van der Waals surface area contributed by atoms with Crippen LogP contribution in [0.25, 0.3) is 5.65 Å². The summed E-state index contributed by atoms with van der Waals surface area (Å²) >= 11 is 0. The fourth-order valence-electron chi connectivity index (χ4n) is 5.38. The number of aromatic nitrogens is 4. The van der Waals surface area contributed by atoms with Crippen molar-refractivity contribution >= 4 is 16.6 Å². The lowest BCUT2D eigenvalue weighted by atomic mass is 9.93. The Morgan fingerprint density at radius 2 is 1.90 bits per heavy atom. The maximum Gasteiger partial charge on any atom is 0.297 e. The SMILES string of the molecule is Cc1ccc(Cc2ccn3c(C(F)F)nnc3c2C)cc1CN1CC2(CCOCC2)Oc2ncc(F)cc2S1=O. The molecule has 0 aliphatic carbocycles. The molecule has 0 bridgehead atoms. The van der Waals surface area contributed by atoms with Crippen molar-refractivity contribution in [3.05, 3.63) is 82.2 Å². The maximum absolute atomic E-state index is 14.1. The molecule has 1 unspecified atom stereocenters. The summed E-state index contributed by atoms with van der Waals surface area (Å²) in [5, 5.41) is 7.62. The van der Waals surface area contributed by atoms with Crippen LogP contribution in [-0.2, 0) is 28.7 Å². The minimum atomic E-state index is -2.71. The average Bonchev–Trinajstić information content (AvgIpc) is 3.34. The van der Waals surface area contributed by atoms with E-state index in [0.717, 1.165) is 34.0 Å². The number of aryl methyl sites for hydroxylation is 2.